The van der Waals surface area contributed by atoms with Crippen LogP contribution >= 0.6 is 0 Å². The van der Waals surface area contributed by atoms with Gasteiger partial charge in [-0.3, -0.25) is 0 Å². The third-order valence-electron chi connectivity index (χ3n) is 4.42. The molecule has 2 unspecified atom stereocenters. The molecule has 2 atom stereocenters. The Balaban J connectivity index is 1.95. The topological polar surface area (TPSA) is 52.6 Å². The van der Waals surface area contributed by atoms with Crippen LogP contribution in [-0.2, 0) is 9.47 Å². The van der Waals surface area contributed by atoms with Gasteiger partial charge in [-0.1, -0.05) is 20.3 Å². The maximum Gasteiger partial charge on any atom is 0.338 e. The lowest BCUT2D eigenvalue weighted by Crippen LogP contribution is -2.29. The third-order valence-corrected chi connectivity index (χ3v) is 4.42. The fraction of sp³-hybridized carbons (Fsp3) is 0.579. The smallest absolute Gasteiger partial charge is 0.338 e. The lowest BCUT2D eigenvalue weighted by atomic mass is 9.85. The van der Waals surface area contributed by atoms with Crippen LogP contribution in [0.3, 0.4) is 0 Å². The summed E-state index contributed by atoms with van der Waals surface area (Å²) in [6.45, 7) is 4.50. The molecule has 4 heteroatoms. The van der Waals surface area contributed by atoms with E-state index < -0.39 is 0 Å². The molecule has 1 aliphatic carbocycles. The summed E-state index contributed by atoms with van der Waals surface area (Å²) in [5.74, 6) is -0.190. The SMILES string of the molecule is CCCOC(=O)c1ccc(C(=O)OC2CCCCC2CC)cc1. The van der Waals surface area contributed by atoms with Gasteiger partial charge < -0.3 is 9.47 Å². The Bertz CT molecular complexity index is 521. The molecule has 2 rings (SSSR count). The van der Waals surface area contributed by atoms with Gasteiger partial charge >= 0.3 is 11.9 Å². The summed E-state index contributed by atoms with van der Waals surface area (Å²) in [6.07, 6.45) is 6.28. The Kier molecular flexibility index (Phi) is 6.63. The molecule has 23 heavy (non-hydrogen) atoms. The normalized spacial score (nSPS) is 20.8. The van der Waals surface area contributed by atoms with E-state index >= 15 is 0 Å². The number of hydrogen-bond acceptors (Lipinski definition) is 4. The van der Waals surface area contributed by atoms with Crippen molar-refractivity contribution < 1.29 is 19.1 Å². The van der Waals surface area contributed by atoms with Crippen molar-refractivity contribution in [3.8, 4) is 0 Å². The maximum absolute atomic E-state index is 12.3. The van der Waals surface area contributed by atoms with Gasteiger partial charge in [0, 0.05) is 0 Å². The Morgan fingerprint density at radius 2 is 1.61 bits per heavy atom. The standard InChI is InChI=1S/C19H26O4/c1-3-13-22-18(20)15-9-11-16(12-10-15)19(21)23-17-8-6-5-7-14(17)4-2/h9-12,14,17H,3-8,13H2,1-2H3. The van der Waals surface area contributed by atoms with Crippen LogP contribution in [0.1, 0.15) is 73.1 Å². The van der Waals surface area contributed by atoms with E-state index in [9.17, 15) is 9.59 Å². The second-order valence-electron chi connectivity index (χ2n) is 6.11. The molecule has 0 aliphatic heterocycles. The van der Waals surface area contributed by atoms with E-state index in [-0.39, 0.29) is 18.0 Å². The highest BCUT2D eigenvalue weighted by molar-refractivity contribution is 5.93. The number of benzene rings is 1. The van der Waals surface area contributed by atoms with Gasteiger partial charge in [0.2, 0.25) is 0 Å². The molecule has 0 N–H and O–H groups in total. The maximum atomic E-state index is 12.3. The zero-order valence-electron chi connectivity index (χ0n) is 14.0. The van der Waals surface area contributed by atoms with Crippen LogP contribution in [-0.4, -0.2) is 24.6 Å². The molecule has 1 saturated carbocycles. The predicted octanol–water partition coefficient (Wildman–Crippen LogP) is 4.38. The Morgan fingerprint density at radius 1 is 1.00 bits per heavy atom. The van der Waals surface area contributed by atoms with Crippen LogP contribution in [0.25, 0.3) is 0 Å². The molecule has 0 amide bonds. The van der Waals surface area contributed by atoms with Gasteiger partial charge in [0.15, 0.2) is 0 Å². The van der Waals surface area contributed by atoms with E-state index in [0.29, 0.717) is 23.7 Å². The molecule has 0 heterocycles. The molecule has 0 aromatic heterocycles. The average Bonchev–Trinajstić information content (AvgIpc) is 2.60. The zero-order valence-corrected chi connectivity index (χ0v) is 14.0. The fourth-order valence-corrected chi connectivity index (χ4v) is 3.02. The minimum Gasteiger partial charge on any atom is -0.462 e. The fourth-order valence-electron chi connectivity index (χ4n) is 3.02. The summed E-state index contributed by atoms with van der Waals surface area (Å²) in [5.41, 5.74) is 0.941. The largest absolute Gasteiger partial charge is 0.462 e. The number of hydrogen-bond donors (Lipinski definition) is 0. The minimum atomic E-state index is -0.356. The highest BCUT2D eigenvalue weighted by Crippen LogP contribution is 2.29. The molecule has 1 aromatic rings. The van der Waals surface area contributed by atoms with E-state index in [0.717, 1.165) is 32.1 Å². The zero-order chi connectivity index (χ0) is 16.7. The van der Waals surface area contributed by atoms with Crippen LogP contribution in [0.4, 0.5) is 0 Å². The number of carbonyl (C=O) groups is 2. The van der Waals surface area contributed by atoms with Gasteiger partial charge in [0.25, 0.3) is 0 Å². The Morgan fingerprint density at radius 3 is 2.22 bits per heavy atom. The van der Waals surface area contributed by atoms with Crippen molar-refractivity contribution in [1.82, 2.24) is 0 Å². The van der Waals surface area contributed by atoms with E-state index in [1.165, 1.54) is 6.42 Å². The van der Waals surface area contributed by atoms with Crippen molar-refractivity contribution in [2.75, 3.05) is 6.61 Å². The summed E-state index contributed by atoms with van der Waals surface area (Å²) in [7, 11) is 0. The first-order valence-electron chi connectivity index (χ1n) is 8.63. The van der Waals surface area contributed by atoms with E-state index in [2.05, 4.69) is 6.92 Å². The lowest BCUT2D eigenvalue weighted by Gasteiger charge is -2.30. The van der Waals surface area contributed by atoms with Crippen molar-refractivity contribution in [3.05, 3.63) is 35.4 Å². The first-order chi connectivity index (χ1) is 11.2. The molecule has 1 aliphatic rings. The predicted molar refractivity (Wildman–Crippen MR) is 88.5 cm³/mol. The highest BCUT2D eigenvalue weighted by atomic mass is 16.5. The van der Waals surface area contributed by atoms with Gasteiger partial charge in [-0.25, -0.2) is 9.59 Å². The van der Waals surface area contributed by atoms with Crippen molar-refractivity contribution in [2.45, 2.75) is 58.5 Å². The molecule has 1 aromatic carbocycles. The van der Waals surface area contributed by atoms with E-state index in [1.807, 2.05) is 6.92 Å². The van der Waals surface area contributed by atoms with Crippen LogP contribution in [0, 0.1) is 5.92 Å². The van der Waals surface area contributed by atoms with Crippen LogP contribution in [0.5, 0.6) is 0 Å². The number of ether oxygens (including phenoxy) is 2. The van der Waals surface area contributed by atoms with Crippen LogP contribution in [0.2, 0.25) is 0 Å². The quantitative estimate of drug-likeness (QED) is 0.730. The van der Waals surface area contributed by atoms with Gasteiger partial charge in [-0.05, 0) is 62.3 Å². The van der Waals surface area contributed by atoms with Gasteiger partial charge in [-0.15, -0.1) is 0 Å². The van der Waals surface area contributed by atoms with Gasteiger partial charge in [-0.2, -0.15) is 0 Å². The minimum absolute atomic E-state index is 0.0236. The van der Waals surface area contributed by atoms with E-state index in [4.69, 9.17) is 9.47 Å². The van der Waals surface area contributed by atoms with Gasteiger partial charge in [0.05, 0.1) is 17.7 Å². The number of esters is 2. The molecule has 1 fully saturated rings. The van der Waals surface area contributed by atoms with Crippen LogP contribution < -0.4 is 0 Å². The van der Waals surface area contributed by atoms with Gasteiger partial charge in [0.1, 0.15) is 6.10 Å². The highest BCUT2D eigenvalue weighted by Gasteiger charge is 2.27. The monoisotopic (exact) mass is 318 g/mol. The van der Waals surface area contributed by atoms with Crippen LogP contribution in [0.15, 0.2) is 24.3 Å². The second kappa shape index (κ2) is 8.70. The summed E-state index contributed by atoms with van der Waals surface area (Å²) in [4.78, 5) is 24.0. The second-order valence-corrected chi connectivity index (χ2v) is 6.11. The summed E-state index contributed by atoms with van der Waals surface area (Å²) >= 11 is 0. The Hall–Kier alpha value is -1.84. The molecule has 4 nitrogen and oxygen atoms in total. The molecule has 0 saturated heterocycles. The van der Waals surface area contributed by atoms with Crippen molar-refractivity contribution in [1.29, 1.82) is 0 Å². The van der Waals surface area contributed by atoms with Crippen molar-refractivity contribution in [3.63, 3.8) is 0 Å². The first-order valence-corrected chi connectivity index (χ1v) is 8.63. The van der Waals surface area contributed by atoms with E-state index in [1.54, 1.807) is 24.3 Å². The molecular formula is C19H26O4. The summed E-state index contributed by atoms with van der Waals surface area (Å²) < 4.78 is 10.8. The Labute approximate surface area is 138 Å². The van der Waals surface area contributed by atoms with Crippen molar-refractivity contribution >= 4 is 11.9 Å². The van der Waals surface area contributed by atoms with Crippen molar-refractivity contribution in [2.24, 2.45) is 5.92 Å². The lowest BCUT2D eigenvalue weighted by molar-refractivity contribution is 0.000677. The summed E-state index contributed by atoms with van der Waals surface area (Å²) in [6, 6.07) is 6.50. The molecule has 0 radical (unpaired) electrons. The summed E-state index contributed by atoms with van der Waals surface area (Å²) in [5, 5.41) is 0. The number of carbonyl (C=O) groups excluding carboxylic acids is 2. The molecular weight excluding hydrogens is 292 g/mol. The number of rotatable bonds is 6. The molecule has 126 valence electrons. The third kappa shape index (κ3) is 4.81. The first kappa shape index (κ1) is 17.5. The molecule has 0 spiro atoms. The average molecular weight is 318 g/mol. The molecule has 0 bridgehead atoms.